The van der Waals surface area contributed by atoms with E-state index in [1.165, 1.54) is 4.90 Å². The molecule has 3 aliphatic heterocycles. The Morgan fingerprint density at radius 2 is 2.14 bits per heavy atom. The second-order valence-electron chi connectivity index (χ2n) is 5.83. The average molecular weight is 335 g/mol. The molecule has 3 N–H and O–H groups in total. The summed E-state index contributed by atoms with van der Waals surface area (Å²) in [5, 5.41) is 13.4. The number of amides is 2. The van der Waals surface area contributed by atoms with Gasteiger partial charge in [-0.1, -0.05) is 0 Å². The lowest BCUT2D eigenvalue weighted by molar-refractivity contribution is -0.154. The van der Waals surface area contributed by atoms with E-state index in [1.807, 2.05) is 0 Å². The summed E-state index contributed by atoms with van der Waals surface area (Å²) in [4.78, 5) is 25.5. The van der Waals surface area contributed by atoms with Crippen molar-refractivity contribution in [3.63, 3.8) is 0 Å². The number of rotatable bonds is 4. The quantitative estimate of drug-likeness (QED) is 0.560. The number of hydroxylamine groups is 2. The second kappa shape index (κ2) is 5.05. The molecule has 0 spiro atoms. The lowest BCUT2D eigenvalue weighted by Gasteiger charge is -2.43. The molecule has 3 heterocycles. The van der Waals surface area contributed by atoms with Gasteiger partial charge >= 0.3 is 22.4 Å². The standard InChI is InChI=1S/C11H17N3O7S/c15-9(16)11(7-2-4-12-5-7)3-1-8-6-13(11)10(17)14(8)21-22(18,19)20/h7-8,12H,1-6H2,(H,15,16)(H,18,19,20)/t7-,8+,11-/m0/s1. The molecule has 22 heavy (non-hydrogen) atoms. The topological polar surface area (TPSA) is 136 Å². The maximum atomic E-state index is 12.4. The number of nitrogens with zero attached hydrogens (tertiary/aromatic N) is 2. The monoisotopic (exact) mass is 335 g/mol. The summed E-state index contributed by atoms with van der Waals surface area (Å²) in [5.74, 6) is -1.35. The first-order chi connectivity index (χ1) is 10.3. The van der Waals surface area contributed by atoms with Gasteiger partial charge in [-0.2, -0.15) is 13.5 Å². The lowest BCUT2D eigenvalue weighted by Crippen LogP contribution is -2.62. The van der Waals surface area contributed by atoms with Gasteiger partial charge in [0.05, 0.1) is 6.04 Å². The zero-order valence-electron chi connectivity index (χ0n) is 11.6. The number of piperidine rings is 1. The Morgan fingerprint density at radius 3 is 2.68 bits per heavy atom. The summed E-state index contributed by atoms with van der Waals surface area (Å²) < 4.78 is 34.8. The molecule has 3 rings (SSSR count). The van der Waals surface area contributed by atoms with Gasteiger partial charge in [-0.3, -0.25) is 4.55 Å². The van der Waals surface area contributed by atoms with Gasteiger partial charge in [-0.25, -0.2) is 9.59 Å². The van der Waals surface area contributed by atoms with Crippen molar-refractivity contribution in [1.82, 2.24) is 15.3 Å². The fraction of sp³-hybridized carbons (Fsp3) is 0.818. The van der Waals surface area contributed by atoms with Crippen molar-refractivity contribution in [1.29, 1.82) is 0 Å². The average Bonchev–Trinajstić information content (AvgIpc) is 3.03. The fourth-order valence-electron chi connectivity index (χ4n) is 3.78. The van der Waals surface area contributed by atoms with Gasteiger partial charge in [0, 0.05) is 19.0 Å². The van der Waals surface area contributed by atoms with Gasteiger partial charge in [0.15, 0.2) is 0 Å². The third kappa shape index (κ3) is 2.24. The van der Waals surface area contributed by atoms with Crippen molar-refractivity contribution in [2.45, 2.75) is 30.8 Å². The maximum absolute atomic E-state index is 12.4. The third-order valence-corrected chi connectivity index (χ3v) is 5.11. The number of carbonyl (C=O) groups is 2. The van der Waals surface area contributed by atoms with Gasteiger partial charge < -0.3 is 15.3 Å². The highest BCUT2D eigenvalue weighted by Crippen LogP contribution is 2.43. The van der Waals surface area contributed by atoms with Crippen molar-refractivity contribution in [3.8, 4) is 0 Å². The summed E-state index contributed by atoms with van der Waals surface area (Å²) in [6, 6.07) is -1.43. The lowest BCUT2D eigenvalue weighted by atomic mass is 9.75. The van der Waals surface area contributed by atoms with Gasteiger partial charge in [0.25, 0.3) is 0 Å². The largest absolute Gasteiger partial charge is 0.479 e. The first-order valence-electron chi connectivity index (χ1n) is 6.97. The second-order valence-corrected chi connectivity index (χ2v) is 6.84. The normalized spacial score (nSPS) is 35.2. The van der Waals surface area contributed by atoms with E-state index in [0.29, 0.717) is 31.0 Å². The van der Waals surface area contributed by atoms with E-state index in [1.54, 1.807) is 0 Å². The van der Waals surface area contributed by atoms with E-state index in [9.17, 15) is 23.1 Å². The van der Waals surface area contributed by atoms with Crippen molar-refractivity contribution >= 4 is 22.4 Å². The van der Waals surface area contributed by atoms with Crippen LogP contribution in [0.3, 0.4) is 0 Å². The molecule has 2 amide bonds. The molecule has 0 aromatic heterocycles. The molecule has 10 nitrogen and oxygen atoms in total. The van der Waals surface area contributed by atoms with Crippen molar-refractivity contribution < 1.29 is 31.9 Å². The first kappa shape index (κ1) is 15.5. The highest BCUT2D eigenvalue weighted by Gasteiger charge is 2.61. The number of urea groups is 1. The Bertz CT molecular complexity index is 603. The number of fused-ring (bicyclic) bond motifs is 2. The van der Waals surface area contributed by atoms with E-state index in [4.69, 9.17) is 4.55 Å². The van der Waals surface area contributed by atoms with E-state index in [2.05, 4.69) is 9.60 Å². The van der Waals surface area contributed by atoms with Crippen LogP contribution in [0.15, 0.2) is 0 Å². The van der Waals surface area contributed by atoms with Crippen molar-refractivity contribution in [2.75, 3.05) is 19.6 Å². The van der Waals surface area contributed by atoms with Gasteiger partial charge in [-0.15, -0.1) is 4.28 Å². The Labute approximate surface area is 126 Å². The summed E-state index contributed by atoms with van der Waals surface area (Å²) in [6.45, 7) is 1.23. The molecule has 0 aliphatic carbocycles. The number of carboxylic acids is 1. The summed E-state index contributed by atoms with van der Waals surface area (Å²) >= 11 is 0. The van der Waals surface area contributed by atoms with Crippen LogP contribution >= 0.6 is 0 Å². The number of carboxylic acid groups (broad SMARTS) is 1. The summed E-state index contributed by atoms with van der Waals surface area (Å²) in [5.41, 5.74) is -1.37. The van der Waals surface area contributed by atoms with Crippen LogP contribution < -0.4 is 5.32 Å². The number of nitrogens with one attached hydrogen (secondary N) is 1. The maximum Gasteiger partial charge on any atom is 0.418 e. The molecule has 0 radical (unpaired) electrons. The molecule has 0 unspecified atom stereocenters. The van der Waals surface area contributed by atoms with Crippen molar-refractivity contribution in [3.05, 3.63) is 0 Å². The highest BCUT2D eigenvalue weighted by molar-refractivity contribution is 7.80. The number of hydrogen-bond donors (Lipinski definition) is 3. The number of carbonyl (C=O) groups excluding carboxylic acids is 1. The smallest absolute Gasteiger partial charge is 0.418 e. The minimum atomic E-state index is -4.84. The van der Waals surface area contributed by atoms with E-state index in [-0.39, 0.29) is 18.9 Å². The highest BCUT2D eigenvalue weighted by atomic mass is 32.3. The fourth-order valence-corrected chi connectivity index (χ4v) is 4.17. The summed E-state index contributed by atoms with van der Waals surface area (Å²) in [6.07, 6.45) is 1.14. The van der Waals surface area contributed by atoms with Crippen molar-refractivity contribution in [2.24, 2.45) is 5.92 Å². The minimum absolute atomic E-state index is 0.0666. The van der Waals surface area contributed by atoms with Crippen LogP contribution in [0.1, 0.15) is 19.3 Å². The zero-order valence-corrected chi connectivity index (χ0v) is 12.5. The molecular formula is C11H17N3O7S. The predicted octanol–water partition coefficient (Wildman–Crippen LogP) is -0.946. The van der Waals surface area contributed by atoms with Crippen LogP contribution in [0.4, 0.5) is 4.79 Å². The number of aliphatic carboxylic acids is 1. The Kier molecular flexibility index (Phi) is 3.55. The molecule has 124 valence electrons. The minimum Gasteiger partial charge on any atom is -0.479 e. The molecule has 2 bridgehead atoms. The van der Waals surface area contributed by atoms with E-state index in [0.717, 1.165) is 0 Å². The van der Waals surface area contributed by atoms with Crippen LogP contribution in [-0.4, -0.2) is 71.3 Å². The molecule has 0 aromatic carbocycles. The van der Waals surface area contributed by atoms with Crippen LogP contribution in [0.25, 0.3) is 0 Å². The molecule has 3 atom stereocenters. The van der Waals surface area contributed by atoms with Gasteiger partial charge in [0.2, 0.25) is 0 Å². The molecule has 3 aliphatic rings. The molecule has 0 aromatic rings. The molecule has 0 saturated carbocycles. The third-order valence-electron chi connectivity index (χ3n) is 4.77. The predicted molar refractivity (Wildman–Crippen MR) is 70.9 cm³/mol. The first-order valence-corrected chi connectivity index (χ1v) is 8.34. The van der Waals surface area contributed by atoms with Gasteiger partial charge in [-0.05, 0) is 25.8 Å². The number of hydrogen-bond acceptors (Lipinski definition) is 6. The van der Waals surface area contributed by atoms with Crippen LogP contribution in [0.2, 0.25) is 0 Å². The Morgan fingerprint density at radius 1 is 1.41 bits per heavy atom. The SMILES string of the molecule is O=C1N(OS(=O)(=O)O)[C@@H]2CC[C@@](C(=O)O)([C@H]3CCNC3)N1C2. The molecule has 11 heteroatoms. The zero-order chi connectivity index (χ0) is 16.1. The van der Waals surface area contributed by atoms with Crippen LogP contribution in [-0.2, 0) is 19.5 Å². The summed E-state index contributed by atoms with van der Waals surface area (Å²) in [7, 11) is -4.84. The molecular weight excluding hydrogens is 318 g/mol. The van der Waals surface area contributed by atoms with Crippen LogP contribution in [0.5, 0.6) is 0 Å². The van der Waals surface area contributed by atoms with E-state index >= 15 is 0 Å². The Balaban J connectivity index is 1.93. The van der Waals surface area contributed by atoms with Crippen LogP contribution in [0, 0.1) is 5.92 Å². The van der Waals surface area contributed by atoms with Gasteiger partial charge in [0.1, 0.15) is 5.54 Å². The Hall–Kier alpha value is -1.43. The molecule has 3 saturated heterocycles. The molecule has 3 fully saturated rings. The van der Waals surface area contributed by atoms with E-state index < -0.39 is 34.0 Å².